The van der Waals surface area contributed by atoms with Gasteiger partial charge in [-0.3, -0.25) is 9.59 Å². The lowest BCUT2D eigenvalue weighted by Crippen LogP contribution is -2.35. The SMILES string of the molecule is CC(C)n1nc(C(=O)N2C[C@@H](N)[C@H](c3ccccc3)C2)c2ccccc2c1=O.Cl. The largest absolute Gasteiger partial charge is 0.335 e. The van der Waals surface area contributed by atoms with Crippen LogP contribution < -0.4 is 11.3 Å². The number of likely N-dealkylation sites (tertiary alicyclic amines) is 1. The first-order valence-electron chi connectivity index (χ1n) is 9.58. The summed E-state index contributed by atoms with van der Waals surface area (Å²) >= 11 is 0. The van der Waals surface area contributed by atoms with E-state index in [2.05, 4.69) is 5.10 Å². The van der Waals surface area contributed by atoms with E-state index in [0.29, 0.717) is 29.6 Å². The molecule has 152 valence electrons. The molecule has 2 heterocycles. The van der Waals surface area contributed by atoms with Gasteiger partial charge in [0, 0.05) is 30.4 Å². The third-order valence-electron chi connectivity index (χ3n) is 5.40. The van der Waals surface area contributed by atoms with Crippen LogP contribution in [0.25, 0.3) is 10.8 Å². The summed E-state index contributed by atoms with van der Waals surface area (Å²) in [4.78, 5) is 27.8. The van der Waals surface area contributed by atoms with E-state index in [1.165, 1.54) is 4.68 Å². The summed E-state index contributed by atoms with van der Waals surface area (Å²) < 4.78 is 1.39. The second-order valence-corrected chi connectivity index (χ2v) is 7.63. The number of hydrogen-bond acceptors (Lipinski definition) is 4. The van der Waals surface area contributed by atoms with E-state index in [4.69, 9.17) is 5.73 Å². The Morgan fingerprint density at radius 3 is 2.31 bits per heavy atom. The smallest absolute Gasteiger partial charge is 0.275 e. The van der Waals surface area contributed by atoms with Crippen molar-refractivity contribution in [3.8, 4) is 0 Å². The molecule has 1 aliphatic rings. The standard InChI is InChI=1S/C22H24N4O2.ClH/c1-14(2)26-21(27)17-11-7-6-10-16(17)20(24-26)22(28)25-12-18(19(23)13-25)15-8-4-3-5-9-15;/h3-11,14,18-19H,12-13,23H2,1-2H3;1H/t18-,19+;/m0./s1. The number of halogens is 1. The van der Waals surface area contributed by atoms with Crippen molar-refractivity contribution in [2.45, 2.75) is 31.8 Å². The highest BCUT2D eigenvalue weighted by Gasteiger charge is 2.35. The highest BCUT2D eigenvalue weighted by Crippen LogP contribution is 2.28. The van der Waals surface area contributed by atoms with Gasteiger partial charge in [0.15, 0.2) is 5.69 Å². The lowest BCUT2D eigenvalue weighted by molar-refractivity contribution is 0.0782. The number of nitrogens with two attached hydrogens (primary N) is 1. The van der Waals surface area contributed by atoms with Crippen molar-refractivity contribution < 1.29 is 4.79 Å². The Morgan fingerprint density at radius 2 is 1.66 bits per heavy atom. The quantitative estimate of drug-likeness (QED) is 0.717. The van der Waals surface area contributed by atoms with Gasteiger partial charge in [-0.05, 0) is 25.5 Å². The van der Waals surface area contributed by atoms with Gasteiger partial charge < -0.3 is 10.6 Å². The predicted molar refractivity (Wildman–Crippen MR) is 117 cm³/mol. The number of carbonyl (C=O) groups is 1. The Labute approximate surface area is 175 Å². The molecule has 29 heavy (non-hydrogen) atoms. The topological polar surface area (TPSA) is 81.2 Å². The first kappa shape index (κ1) is 21.0. The number of nitrogens with zero attached hydrogens (tertiary/aromatic N) is 3. The van der Waals surface area contributed by atoms with Crippen LogP contribution in [0.5, 0.6) is 0 Å². The molecule has 2 atom stereocenters. The Kier molecular flexibility index (Phi) is 6.05. The zero-order chi connectivity index (χ0) is 19.8. The minimum Gasteiger partial charge on any atom is -0.335 e. The Balaban J connectivity index is 0.00000240. The highest BCUT2D eigenvalue weighted by molar-refractivity contribution is 6.05. The van der Waals surface area contributed by atoms with Crippen molar-refractivity contribution in [3.05, 3.63) is 76.2 Å². The summed E-state index contributed by atoms with van der Waals surface area (Å²) in [6, 6.07) is 16.9. The van der Waals surface area contributed by atoms with Crippen molar-refractivity contribution >= 4 is 29.1 Å². The molecular weight excluding hydrogens is 388 g/mol. The normalized spacial score (nSPS) is 18.8. The maximum absolute atomic E-state index is 13.4. The molecule has 0 spiro atoms. The fourth-order valence-corrected chi connectivity index (χ4v) is 3.91. The molecule has 1 saturated heterocycles. The van der Waals surface area contributed by atoms with Gasteiger partial charge >= 0.3 is 0 Å². The molecular formula is C22H25ClN4O2. The molecule has 0 unspecified atom stereocenters. The maximum Gasteiger partial charge on any atom is 0.275 e. The summed E-state index contributed by atoms with van der Waals surface area (Å²) in [6.07, 6.45) is 0. The molecule has 0 radical (unpaired) electrons. The van der Waals surface area contributed by atoms with Gasteiger partial charge in [-0.15, -0.1) is 12.4 Å². The van der Waals surface area contributed by atoms with E-state index >= 15 is 0 Å². The number of benzene rings is 2. The van der Waals surface area contributed by atoms with Gasteiger partial charge in [0.05, 0.1) is 11.4 Å². The first-order chi connectivity index (χ1) is 13.5. The van der Waals surface area contributed by atoms with Crippen molar-refractivity contribution in [3.63, 3.8) is 0 Å². The van der Waals surface area contributed by atoms with E-state index < -0.39 is 0 Å². The van der Waals surface area contributed by atoms with Gasteiger partial charge in [-0.2, -0.15) is 5.10 Å². The van der Waals surface area contributed by atoms with Gasteiger partial charge in [0.25, 0.3) is 11.5 Å². The molecule has 2 aromatic carbocycles. The molecule has 3 aromatic rings. The Morgan fingerprint density at radius 1 is 1.03 bits per heavy atom. The lowest BCUT2D eigenvalue weighted by atomic mass is 9.95. The zero-order valence-electron chi connectivity index (χ0n) is 16.5. The molecule has 0 aliphatic carbocycles. The van der Waals surface area contributed by atoms with Crippen LogP contribution in [0.3, 0.4) is 0 Å². The first-order valence-corrected chi connectivity index (χ1v) is 9.58. The fourth-order valence-electron chi connectivity index (χ4n) is 3.91. The molecule has 6 nitrogen and oxygen atoms in total. The molecule has 7 heteroatoms. The van der Waals surface area contributed by atoms with E-state index in [0.717, 1.165) is 5.56 Å². The van der Waals surface area contributed by atoms with E-state index in [1.54, 1.807) is 23.1 Å². The molecule has 1 amide bonds. The van der Waals surface area contributed by atoms with Crippen LogP contribution >= 0.6 is 12.4 Å². The van der Waals surface area contributed by atoms with Crippen molar-refractivity contribution in [2.24, 2.45) is 5.73 Å². The van der Waals surface area contributed by atoms with Gasteiger partial charge in [-0.1, -0.05) is 48.5 Å². The lowest BCUT2D eigenvalue weighted by Gasteiger charge is -2.19. The molecule has 1 aromatic heterocycles. The van der Waals surface area contributed by atoms with Crippen LogP contribution in [-0.2, 0) is 0 Å². The van der Waals surface area contributed by atoms with Gasteiger partial charge in [0.2, 0.25) is 0 Å². The average Bonchev–Trinajstić information content (AvgIpc) is 3.10. The fraction of sp³-hybridized carbons (Fsp3) is 0.318. The molecule has 2 N–H and O–H groups in total. The highest BCUT2D eigenvalue weighted by atomic mass is 35.5. The number of carbonyl (C=O) groups excluding carboxylic acids is 1. The monoisotopic (exact) mass is 412 g/mol. The maximum atomic E-state index is 13.4. The van der Waals surface area contributed by atoms with Crippen molar-refractivity contribution in [2.75, 3.05) is 13.1 Å². The number of fused-ring (bicyclic) bond motifs is 1. The van der Waals surface area contributed by atoms with E-state index in [1.807, 2.05) is 50.2 Å². The van der Waals surface area contributed by atoms with E-state index in [-0.39, 0.29) is 41.9 Å². The summed E-state index contributed by atoms with van der Waals surface area (Å²) in [5.41, 5.74) is 7.63. The van der Waals surface area contributed by atoms with Crippen LogP contribution in [0.1, 0.15) is 41.9 Å². The minimum absolute atomic E-state index is 0. The van der Waals surface area contributed by atoms with Crippen LogP contribution in [-0.4, -0.2) is 39.7 Å². The van der Waals surface area contributed by atoms with Crippen LogP contribution in [0.2, 0.25) is 0 Å². The summed E-state index contributed by atoms with van der Waals surface area (Å²) in [7, 11) is 0. The van der Waals surface area contributed by atoms with Gasteiger partial charge in [0.1, 0.15) is 0 Å². The number of rotatable bonds is 3. The van der Waals surface area contributed by atoms with E-state index in [9.17, 15) is 9.59 Å². The molecule has 1 fully saturated rings. The molecule has 0 bridgehead atoms. The number of hydrogen-bond donors (Lipinski definition) is 1. The summed E-state index contributed by atoms with van der Waals surface area (Å²) in [5.74, 6) is -0.0908. The second kappa shape index (κ2) is 8.35. The Hall–Kier alpha value is -2.70. The molecule has 1 aliphatic heterocycles. The minimum atomic E-state index is -0.181. The predicted octanol–water partition coefficient (Wildman–Crippen LogP) is 2.97. The summed E-state index contributed by atoms with van der Waals surface area (Å²) in [5, 5.41) is 5.54. The third kappa shape index (κ3) is 3.78. The number of amides is 1. The van der Waals surface area contributed by atoms with Crippen LogP contribution in [0, 0.1) is 0 Å². The van der Waals surface area contributed by atoms with Gasteiger partial charge in [-0.25, -0.2) is 4.68 Å². The van der Waals surface area contributed by atoms with Crippen LogP contribution in [0.4, 0.5) is 0 Å². The van der Waals surface area contributed by atoms with Crippen molar-refractivity contribution in [1.82, 2.24) is 14.7 Å². The second-order valence-electron chi connectivity index (χ2n) is 7.63. The van der Waals surface area contributed by atoms with Crippen LogP contribution in [0.15, 0.2) is 59.4 Å². The average molecular weight is 413 g/mol. The Bertz CT molecular complexity index is 1080. The number of aromatic nitrogens is 2. The molecule has 4 rings (SSSR count). The summed E-state index contributed by atoms with van der Waals surface area (Å²) in [6.45, 7) is 4.78. The molecule has 0 saturated carbocycles. The zero-order valence-corrected chi connectivity index (χ0v) is 17.3. The third-order valence-corrected chi connectivity index (χ3v) is 5.40. The van der Waals surface area contributed by atoms with Crippen molar-refractivity contribution in [1.29, 1.82) is 0 Å².